The van der Waals surface area contributed by atoms with Crippen LogP contribution in [0.2, 0.25) is 0 Å². The minimum absolute atomic E-state index is 0. The summed E-state index contributed by atoms with van der Waals surface area (Å²) in [4.78, 5) is 9.64. The highest BCUT2D eigenvalue weighted by Gasteiger charge is 2.42. The average molecular weight is 472 g/mol. The Bertz CT molecular complexity index is 560. The minimum Gasteiger partial charge on any atom is -0.381 e. The molecule has 1 atom stereocenters. The lowest BCUT2D eigenvalue weighted by atomic mass is 9.87. The van der Waals surface area contributed by atoms with E-state index in [1.165, 1.54) is 18.4 Å². The van der Waals surface area contributed by atoms with Gasteiger partial charge in [-0.05, 0) is 32.4 Å². The van der Waals surface area contributed by atoms with Gasteiger partial charge >= 0.3 is 0 Å². The summed E-state index contributed by atoms with van der Waals surface area (Å²) in [7, 11) is 2.16. The van der Waals surface area contributed by atoms with Crippen LogP contribution in [0.3, 0.4) is 0 Å². The summed E-state index contributed by atoms with van der Waals surface area (Å²) in [5, 5.41) is 3.47. The van der Waals surface area contributed by atoms with Crippen molar-refractivity contribution in [1.82, 2.24) is 15.1 Å². The van der Waals surface area contributed by atoms with E-state index in [0.717, 1.165) is 58.4 Å². The minimum atomic E-state index is 0. The summed E-state index contributed by atoms with van der Waals surface area (Å²) >= 11 is 0. The maximum absolute atomic E-state index is 5.65. The lowest BCUT2D eigenvalue weighted by molar-refractivity contribution is 0.156. The Hall–Kier alpha value is -0.860. The largest absolute Gasteiger partial charge is 0.381 e. The van der Waals surface area contributed by atoms with E-state index in [1.807, 2.05) is 0 Å². The second-order valence-corrected chi connectivity index (χ2v) is 7.43. The molecular formula is C20H33IN4O. The molecule has 0 bridgehead atoms. The van der Waals surface area contributed by atoms with E-state index < -0.39 is 0 Å². The van der Waals surface area contributed by atoms with E-state index in [9.17, 15) is 0 Å². The molecule has 1 unspecified atom stereocenters. The standard InChI is InChI=1S/C20H32N4O.HI/c1-3-21-19(24-12-9-20(16-24)10-14-25-17-20)22-11-13-23(2)15-18-7-5-4-6-8-18;/h4-8H,3,9-17H2,1-2H3,(H,21,22);1H. The molecule has 0 amide bonds. The zero-order valence-electron chi connectivity index (χ0n) is 16.1. The van der Waals surface area contributed by atoms with Crippen LogP contribution in [0.5, 0.6) is 0 Å². The molecule has 1 aromatic rings. The van der Waals surface area contributed by atoms with Gasteiger partial charge in [-0.2, -0.15) is 0 Å². The maximum atomic E-state index is 5.65. The molecule has 2 heterocycles. The van der Waals surface area contributed by atoms with Crippen molar-refractivity contribution in [3.05, 3.63) is 35.9 Å². The van der Waals surface area contributed by atoms with E-state index >= 15 is 0 Å². The molecular weight excluding hydrogens is 439 g/mol. The van der Waals surface area contributed by atoms with Gasteiger partial charge in [0.25, 0.3) is 0 Å². The molecule has 2 aliphatic heterocycles. The monoisotopic (exact) mass is 472 g/mol. The SMILES string of the molecule is CCNC(=NCCN(C)Cc1ccccc1)N1CCC2(CCOC2)C1.I. The van der Waals surface area contributed by atoms with Gasteiger partial charge in [0.1, 0.15) is 0 Å². The number of nitrogens with one attached hydrogen (secondary N) is 1. The lowest BCUT2D eigenvalue weighted by Crippen LogP contribution is -2.41. The summed E-state index contributed by atoms with van der Waals surface area (Å²) in [5.41, 5.74) is 1.73. The van der Waals surface area contributed by atoms with Crippen LogP contribution in [0.4, 0.5) is 0 Å². The zero-order valence-corrected chi connectivity index (χ0v) is 18.4. The molecule has 3 rings (SSSR count). The molecule has 1 aromatic carbocycles. The van der Waals surface area contributed by atoms with Gasteiger partial charge in [0.2, 0.25) is 0 Å². The number of halogens is 1. The van der Waals surface area contributed by atoms with E-state index in [4.69, 9.17) is 9.73 Å². The molecule has 2 fully saturated rings. The smallest absolute Gasteiger partial charge is 0.193 e. The molecule has 0 saturated carbocycles. The predicted molar refractivity (Wildman–Crippen MR) is 118 cm³/mol. The van der Waals surface area contributed by atoms with E-state index in [-0.39, 0.29) is 24.0 Å². The highest BCUT2D eigenvalue weighted by atomic mass is 127. The van der Waals surface area contributed by atoms with Gasteiger partial charge in [-0.25, -0.2) is 0 Å². The van der Waals surface area contributed by atoms with Crippen LogP contribution in [0.15, 0.2) is 35.3 Å². The molecule has 0 aliphatic carbocycles. The number of hydrogen-bond acceptors (Lipinski definition) is 3. The van der Waals surface area contributed by atoms with Crippen LogP contribution in [0, 0.1) is 5.41 Å². The molecule has 26 heavy (non-hydrogen) atoms. The fourth-order valence-electron chi connectivity index (χ4n) is 3.81. The van der Waals surface area contributed by atoms with Gasteiger partial charge in [-0.15, -0.1) is 24.0 Å². The van der Waals surface area contributed by atoms with Crippen molar-refractivity contribution in [3.8, 4) is 0 Å². The zero-order chi connectivity index (χ0) is 17.5. The van der Waals surface area contributed by atoms with E-state index in [0.29, 0.717) is 5.41 Å². The fourth-order valence-corrected chi connectivity index (χ4v) is 3.81. The van der Waals surface area contributed by atoms with Crippen molar-refractivity contribution in [2.24, 2.45) is 10.4 Å². The molecule has 2 saturated heterocycles. The van der Waals surface area contributed by atoms with Crippen LogP contribution < -0.4 is 5.32 Å². The Morgan fingerprint density at radius 2 is 2.12 bits per heavy atom. The Morgan fingerprint density at radius 3 is 2.81 bits per heavy atom. The van der Waals surface area contributed by atoms with Crippen LogP contribution in [-0.2, 0) is 11.3 Å². The number of likely N-dealkylation sites (tertiary alicyclic amines) is 1. The second kappa shape index (κ2) is 10.5. The summed E-state index contributed by atoms with van der Waals surface area (Å²) < 4.78 is 5.65. The molecule has 0 aromatic heterocycles. The molecule has 5 nitrogen and oxygen atoms in total. The quantitative estimate of drug-likeness (QED) is 0.393. The second-order valence-electron chi connectivity index (χ2n) is 7.43. The first-order chi connectivity index (χ1) is 12.2. The van der Waals surface area contributed by atoms with Crippen molar-refractivity contribution in [3.63, 3.8) is 0 Å². The van der Waals surface area contributed by atoms with Gasteiger partial charge in [0.05, 0.1) is 13.2 Å². The number of nitrogens with zero attached hydrogens (tertiary/aromatic N) is 3. The van der Waals surface area contributed by atoms with Gasteiger partial charge in [-0.3, -0.25) is 4.99 Å². The predicted octanol–water partition coefficient (Wildman–Crippen LogP) is 2.81. The summed E-state index contributed by atoms with van der Waals surface area (Å²) in [5.74, 6) is 1.07. The van der Waals surface area contributed by atoms with Crippen LogP contribution in [0.1, 0.15) is 25.3 Å². The number of rotatable bonds is 6. The van der Waals surface area contributed by atoms with Gasteiger partial charge in [0, 0.05) is 44.7 Å². The first kappa shape index (κ1) is 21.4. The first-order valence-electron chi connectivity index (χ1n) is 9.54. The fraction of sp³-hybridized carbons (Fsp3) is 0.650. The number of ether oxygens (including phenoxy) is 1. The third-order valence-electron chi connectivity index (χ3n) is 5.30. The van der Waals surface area contributed by atoms with Crippen molar-refractivity contribution in [1.29, 1.82) is 0 Å². The third-order valence-corrected chi connectivity index (χ3v) is 5.30. The van der Waals surface area contributed by atoms with Crippen molar-refractivity contribution in [2.75, 3.05) is 53.0 Å². The maximum Gasteiger partial charge on any atom is 0.193 e. The number of aliphatic imine (C=N–C) groups is 1. The third kappa shape index (κ3) is 5.82. The Kier molecular flexibility index (Phi) is 8.63. The summed E-state index contributed by atoms with van der Waals surface area (Å²) in [6, 6.07) is 10.6. The molecule has 2 aliphatic rings. The van der Waals surface area contributed by atoms with E-state index in [2.05, 4.69) is 59.4 Å². The average Bonchev–Trinajstić information content (AvgIpc) is 3.25. The van der Waals surface area contributed by atoms with E-state index in [1.54, 1.807) is 0 Å². The van der Waals surface area contributed by atoms with Crippen molar-refractivity contribution < 1.29 is 4.74 Å². The number of likely N-dealkylation sites (N-methyl/N-ethyl adjacent to an activating group) is 1. The van der Waals surface area contributed by atoms with Crippen LogP contribution >= 0.6 is 24.0 Å². The first-order valence-corrected chi connectivity index (χ1v) is 9.54. The highest BCUT2D eigenvalue weighted by molar-refractivity contribution is 14.0. The summed E-state index contributed by atoms with van der Waals surface area (Å²) in [6.45, 7) is 9.83. The Labute approximate surface area is 175 Å². The van der Waals surface area contributed by atoms with Gasteiger partial charge in [-0.1, -0.05) is 30.3 Å². The highest BCUT2D eigenvalue weighted by Crippen LogP contribution is 2.38. The normalized spacial score (nSPS) is 22.9. The summed E-state index contributed by atoms with van der Waals surface area (Å²) in [6.07, 6.45) is 2.42. The number of benzene rings is 1. The molecule has 1 N–H and O–H groups in total. The Balaban J connectivity index is 0.00000243. The van der Waals surface area contributed by atoms with Crippen molar-refractivity contribution in [2.45, 2.75) is 26.3 Å². The molecule has 1 spiro atoms. The van der Waals surface area contributed by atoms with Gasteiger partial charge < -0.3 is 19.9 Å². The lowest BCUT2D eigenvalue weighted by Gasteiger charge is -2.25. The number of hydrogen-bond donors (Lipinski definition) is 1. The van der Waals surface area contributed by atoms with Crippen molar-refractivity contribution >= 4 is 29.9 Å². The molecule has 146 valence electrons. The topological polar surface area (TPSA) is 40.1 Å². The van der Waals surface area contributed by atoms with Crippen LogP contribution in [-0.4, -0.2) is 68.7 Å². The Morgan fingerprint density at radius 1 is 1.31 bits per heavy atom. The van der Waals surface area contributed by atoms with Crippen LogP contribution in [0.25, 0.3) is 0 Å². The van der Waals surface area contributed by atoms with Gasteiger partial charge in [0.15, 0.2) is 5.96 Å². The number of guanidine groups is 1. The molecule has 6 heteroatoms. The molecule has 0 radical (unpaired) electrons.